The van der Waals surface area contributed by atoms with Crippen LogP contribution in [0.1, 0.15) is 45.6 Å². The molecule has 2 unspecified atom stereocenters. The van der Waals surface area contributed by atoms with E-state index in [4.69, 9.17) is 16.3 Å². The summed E-state index contributed by atoms with van der Waals surface area (Å²) in [7, 11) is -4.06. The van der Waals surface area contributed by atoms with Crippen LogP contribution in [-0.2, 0) is 19.4 Å². The van der Waals surface area contributed by atoms with E-state index in [2.05, 4.69) is 5.32 Å². The average Bonchev–Trinajstić information content (AvgIpc) is 2.73. The molecule has 0 fully saturated rings. The summed E-state index contributed by atoms with van der Waals surface area (Å²) in [5, 5.41) is 13.0. The highest BCUT2D eigenvalue weighted by Crippen LogP contribution is 2.45. The summed E-state index contributed by atoms with van der Waals surface area (Å²) >= 11 is 6.49. The van der Waals surface area contributed by atoms with E-state index in [9.17, 15) is 18.3 Å². The number of esters is 1. The fourth-order valence-electron chi connectivity index (χ4n) is 3.69. The Balaban J connectivity index is 2.25. The van der Waals surface area contributed by atoms with E-state index in [0.717, 1.165) is 0 Å². The van der Waals surface area contributed by atoms with Crippen LogP contribution in [0, 0.1) is 0 Å². The second-order valence-corrected chi connectivity index (χ2v) is 10.1. The van der Waals surface area contributed by atoms with Crippen molar-refractivity contribution in [1.29, 1.82) is 0 Å². The number of phenols is 1. The van der Waals surface area contributed by atoms with Gasteiger partial charge in [0.2, 0.25) is 9.84 Å². The van der Waals surface area contributed by atoms with Crippen LogP contribution in [0.15, 0.2) is 75.3 Å². The summed E-state index contributed by atoms with van der Waals surface area (Å²) in [6.45, 7) is 7.04. The van der Waals surface area contributed by atoms with Crippen molar-refractivity contribution in [3.05, 3.63) is 81.0 Å². The number of dihydropyridines is 1. The Hall–Kier alpha value is -2.77. The molecule has 2 atom stereocenters. The minimum Gasteiger partial charge on any atom is -0.508 e. The molecule has 170 valence electrons. The van der Waals surface area contributed by atoms with Gasteiger partial charge in [0, 0.05) is 16.4 Å². The monoisotopic (exact) mass is 475 g/mol. The minimum absolute atomic E-state index is 0.00213. The van der Waals surface area contributed by atoms with Gasteiger partial charge in [-0.1, -0.05) is 36.7 Å². The maximum absolute atomic E-state index is 13.8. The van der Waals surface area contributed by atoms with E-state index in [0.29, 0.717) is 28.4 Å². The molecule has 8 heteroatoms. The Labute approximate surface area is 193 Å². The number of phenolic OH excluding ortho intramolecular Hbond substituents is 1. The summed E-state index contributed by atoms with van der Waals surface area (Å²) in [5.74, 6) is -1.60. The Morgan fingerprint density at radius 3 is 2.34 bits per heavy atom. The highest BCUT2D eigenvalue weighted by atomic mass is 35.5. The third kappa shape index (κ3) is 4.54. The van der Waals surface area contributed by atoms with E-state index >= 15 is 0 Å². The predicted molar refractivity (Wildman–Crippen MR) is 124 cm³/mol. The second kappa shape index (κ2) is 9.38. The lowest BCUT2D eigenvalue weighted by Crippen LogP contribution is -2.33. The number of halogens is 1. The van der Waals surface area contributed by atoms with Crippen molar-refractivity contribution in [3.8, 4) is 5.75 Å². The molecule has 2 N–H and O–H groups in total. The second-order valence-electron chi connectivity index (χ2n) is 7.73. The molecule has 0 aromatic heterocycles. The molecular weight excluding hydrogens is 450 g/mol. The number of benzene rings is 2. The maximum atomic E-state index is 13.8. The molecule has 0 aliphatic carbocycles. The largest absolute Gasteiger partial charge is 0.508 e. The van der Waals surface area contributed by atoms with Crippen LogP contribution in [0.25, 0.3) is 0 Å². The SMILES string of the molecule is CCC(C)OC(=O)C1=C(C)NC(C)=C(S(=O)(=O)c2ccc(O)cc2)C1c1ccccc1Cl. The van der Waals surface area contributed by atoms with E-state index in [1.165, 1.54) is 24.3 Å². The lowest BCUT2D eigenvalue weighted by Gasteiger charge is -2.32. The van der Waals surface area contributed by atoms with Gasteiger partial charge in [-0.3, -0.25) is 0 Å². The number of aromatic hydroxyl groups is 1. The number of rotatable bonds is 6. The van der Waals surface area contributed by atoms with Crippen molar-refractivity contribution in [2.45, 2.75) is 51.0 Å². The van der Waals surface area contributed by atoms with Gasteiger partial charge in [-0.2, -0.15) is 0 Å². The van der Waals surface area contributed by atoms with Crippen LogP contribution in [-0.4, -0.2) is 25.6 Å². The molecule has 1 aliphatic rings. The smallest absolute Gasteiger partial charge is 0.337 e. The van der Waals surface area contributed by atoms with Crippen LogP contribution >= 0.6 is 11.6 Å². The van der Waals surface area contributed by atoms with Crippen LogP contribution in [0.2, 0.25) is 5.02 Å². The van der Waals surface area contributed by atoms with Gasteiger partial charge >= 0.3 is 5.97 Å². The molecule has 2 aromatic carbocycles. The number of sulfone groups is 1. The Bertz CT molecular complexity index is 1200. The molecule has 0 spiro atoms. The van der Waals surface area contributed by atoms with Gasteiger partial charge in [0.15, 0.2) is 0 Å². The molecule has 0 saturated heterocycles. The number of hydrogen-bond donors (Lipinski definition) is 2. The lowest BCUT2D eigenvalue weighted by atomic mass is 9.86. The number of carbonyl (C=O) groups excluding carboxylic acids is 1. The molecule has 0 saturated carbocycles. The van der Waals surface area contributed by atoms with E-state index in [1.807, 2.05) is 6.92 Å². The first-order valence-electron chi connectivity index (χ1n) is 10.3. The first kappa shape index (κ1) is 23.9. The summed E-state index contributed by atoms with van der Waals surface area (Å²) in [4.78, 5) is 13.2. The zero-order valence-corrected chi connectivity index (χ0v) is 19.9. The van der Waals surface area contributed by atoms with Crippen molar-refractivity contribution in [3.63, 3.8) is 0 Å². The average molecular weight is 476 g/mol. The normalized spacial score (nSPS) is 17.7. The first-order valence-corrected chi connectivity index (χ1v) is 12.1. The summed E-state index contributed by atoms with van der Waals surface area (Å²) < 4.78 is 33.1. The number of nitrogens with one attached hydrogen (secondary N) is 1. The standard InChI is InChI=1S/C24H26ClNO5S/c1-5-14(2)31-24(28)21-15(3)26-16(4)23(22(21)19-8-6-7-9-20(19)25)32(29,30)18-12-10-17(27)11-13-18/h6-14,22,26-27H,5H2,1-4H3. The van der Waals surface area contributed by atoms with Crippen molar-refractivity contribution in [2.75, 3.05) is 0 Å². The molecule has 3 rings (SSSR count). The molecule has 32 heavy (non-hydrogen) atoms. The lowest BCUT2D eigenvalue weighted by molar-refractivity contribution is -0.143. The molecular formula is C24H26ClNO5S. The molecule has 0 radical (unpaired) electrons. The molecule has 1 aliphatic heterocycles. The quantitative estimate of drug-likeness (QED) is 0.567. The van der Waals surface area contributed by atoms with Crippen molar-refractivity contribution in [1.82, 2.24) is 5.32 Å². The Morgan fingerprint density at radius 1 is 1.12 bits per heavy atom. The van der Waals surface area contributed by atoms with Gasteiger partial charge in [-0.15, -0.1) is 0 Å². The topological polar surface area (TPSA) is 92.7 Å². The Kier molecular flexibility index (Phi) is 7.00. The highest BCUT2D eigenvalue weighted by Gasteiger charge is 2.41. The van der Waals surface area contributed by atoms with E-state index < -0.39 is 21.7 Å². The van der Waals surface area contributed by atoms with Gasteiger partial charge in [0.25, 0.3) is 0 Å². The number of carbonyl (C=O) groups is 1. The van der Waals surface area contributed by atoms with Gasteiger partial charge in [0.05, 0.1) is 27.4 Å². The van der Waals surface area contributed by atoms with Crippen LogP contribution < -0.4 is 5.32 Å². The molecule has 1 heterocycles. The summed E-state index contributed by atoms with van der Waals surface area (Å²) in [5.41, 5.74) is 1.58. The minimum atomic E-state index is -4.06. The summed E-state index contributed by atoms with van der Waals surface area (Å²) in [6, 6.07) is 12.1. The van der Waals surface area contributed by atoms with Crippen LogP contribution in [0.3, 0.4) is 0 Å². The molecule has 0 bridgehead atoms. The first-order chi connectivity index (χ1) is 15.1. The van der Waals surface area contributed by atoms with Crippen LogP contribution in [0.5, 0.6) is 5.75 Å². The summed E-state index contributed by atoms with van der Waals surface area (Å²) in [6.07, 6.45) is 0.286. The van der Waals surface area contributed by atoms with Gasteiger partial charge in [-0.25, -0.2) is 13.2 Å². The third-order valence-corrected chi connectivity index (χ3v) is 7.81. The zero-order valence-electron chi connectivity index (χ0n) is 18.3. The number of hydrogen-bond acceptors (Lipinski definition) is 6. The Morgan fingerprint density at radius 2 is 1.75 bits per heavy atom. The maximum Gasteiger partial charge on any atom is 0.337 e. The number of allylic oxidation sites excluding steroid dienone is 3. The zero-order chi connectivity index (χ0) is 23.6. The van der Waals surface area contributed by atoms with Crippen molar-refractivity contribution < 1.29 is 23.1 Å². The van der Waals surface area contributed by atoms with Gasteiger partial charge < -0.3 is 15.2 Å². The molecule has 6 nitrogen and oxygen atoms in total. The van der Waals surface area contributed by atoms with Crippen molar-refractivity contribution >= 4 is 27.4 Å². The van der Waals surface area contributed by atoms with Gasteiger partial charge in [-0.05, 0) is 63.1 Å². The fraction of sp³-hybridized carbons (Fsp3) is 0.292. The fourth-order valence-corrected chi connectivity index (χ4v) is 5.69. The third-order valence-electron chi connectivity index (χ3n) is 5.46. The van der Waals surface area contributed by atoms with Gasteiger partial charge in [0.1, 0.15) is 5.75 Å². The highest BCUT2D eigenvalue weighted by molar-refractivity contribution is 7.95. The molecule has 2 aromatic rings. The van der Waals surface area contributed by atoms with Crippen molar-refractivity contribution in [2.24, 2.45) is 0 Å². The number of ether oxygens (including phenoxy) is 1. The molecule has 0 amide bonds. The van der Waals surface area contributed by atoms with E-state index in [-0.39, 0.29) is 27.2 Å². The van der Waals surface area contributed by atoms with E-state index in [1.54, 1.807) is 45.0 Å². The van der Waals surface area contributed by atoms with Crippen LogP contribution in [0.4, 0.5) is 0 Å². The predicted octanol–water partition coefficient (Wildman–Crippen LogP) is 5.05.